The topological polar surface area (TPSA) is 88.1 Å². The molecule has 0 unspecified atom stereocenters. The Morgan fingerprint density at radius 3 is 2.74 bits per heavy atom. The van der Waals surface area contributed by atoms with E-state index in [0.717, 1.165) is 11.8 Å². The summed E-state index contributed by atoms with van der Waals surface area (Å²) in [5, 5.41) is 3.53. The smallest absolute Gasteiger partial charge is 0.328 e. The number of methoxy groups -OCH3 is 1. The van der Waals surface area contributed by atoms with Crippen molar-refractivity contribution in [2.75, 3.05) is 24.3 Å². The number of amidine groups is 1. The average Bonchev–Trinajstić information content (AvgIpc) is 3.04. The van der Waals surface area contributed by atoms with E-state index >= 15 is 0 Å². The van der Waals surface area contributed by atoms with E-state index in [-0.39, 0.29) is 30.0 Å². The summed E-state index contributed by atoms with van der Waals surface area (Å²) in [5.41, 5.74) is 0.528. The molecule has 1 N–H and O–H groups in total. The lowest BCUT2D eigenvalue weighted by Gasteiger charge is -2.22. The number of halogens is 1. The van der Waals surface area contributed by atoms with E-state index in [1.807, 2.05) is 13.8 Å². The van der Waals surface area contributed by atoms with Gasteiger partial charge >= 0.3 is 5.97 Å². The van der Waals surface area contributed by atoms with Crippen LogP contribution in [0.5, 0.6) is 0 Å². The molecular weight excluding hydrogens is 390 g/mol. The second-order valence-electron chi connectivity index (χ2n) is 6.02. The molecule has 1 aromatic carbocycles. The van der Waals surface area contributed by atoms with Crippen LogP contribution in [0.3, 0.4) is 0 Å². The Hall–Kier alpha value is -2.06. The monoisotopic (exact) mass is 411 g/mol. The fourth-order valence-electron chi connectivity index (χ4n) is 2.51. The number of hydrogen-bond donors (Lipinski definition) is 1. The van der Waals surface area contributed by atoms with E-state index in [0.29, 0.717) is 22.3 Å². The first kappa shape index (κ1) is 21.2. The van der Waals surface area contributed by atoms with E-state index in [4.69, 9.17) is 16.3 Å². The minimum Gasteiger partial charge on any atom is -0.467 e. The van der Waals surface area contributed by atoms with Gasteiger partial charge in [0.05, 0.1) is 23.6 Å². The van der Waals surface area contributed by atoms with Crippen molar-refractivity contribution < 1.29 is 19.1 Å². The molecule has 2 amide bonds. The summed E-state index contributed by atoms with van der Waals surface area (Å²) < 4.78 is 4.76. The van der Waals surface area contributed by atoms with Crippen molar-refractivity contribution in [3.8, 4) is 0 Å². The van der Waals surface area contributed by atoms with Gasteiger partial charge in [0.15, 0.2) is 5.17 Å². The van der Waals surface area contributed by atoms with Gasteiger partial charge in [-0.2, -0.15) is 0 Å². The number of aliphatic imine (C=N–C) groups is 1. The fraction of sp³-hybridized carbons (Fsp3) is 0.444. The number of carbonyl (C=O) groups is 3. The maximum atomic E-state index is 12.3. The number of para-hydroxylation sites is 1. The largest absolute Gasteiger partial charge is 0.467 e. The number of amides is 2. The molecular formula is C18H22ClN3O4S. The van der Waals surface area contributed by atoms with Crippen molar-refractivity contribution in [2.24, 2.45) is 10.9 Å². The number of ether oxygens (including phenoxy) is 1. The molecule has 0 fully saturated rings. The Labute approximate surface area is 167 Å². The highest BCUT2D eigenvalue weighted by molar-refractivity contribution is 8.14. The quantitative estimate of drug-likeness (QED) is 0.696. The SMILES string of the molecule is CC[C@H](C)[C@@H](NC(=O)CSC1=NCC(=O)N1c1ccccc1Cl)C(=O)OC. The van der Waals surface area contributed by atoms with Crippen LogP contribution >= 0.6 is 23.4 Å². The van der Waals surface area contributed by atoms with Gasteiger partial charge in [-0.05, 0) is 18.1 Å². The molecule has 0 radical (unpaired) electrons. The highest BCUT2D eigenvalue weighted by Crippen LogP contribution is 2.30. The summed E-state index contributed by atoms with van der Waals surface area (Å²) in [7, 11) is 1.29. The molecule has 1 aliphatic heterocycles. The van der Waals surface area contributed by atoms with Gasteiger partial charge in [-0.3, -0.25) is 19.5 Å². The van der Waals surface area contributed by atoms with Crippen LogP contribution in [0.25, 0.3) is 0 Å². The van der Waals surface area contributed by atoms with E-state index in [1.54, 1.807) is 24.3 Å². The third-order valence-corrected chi connectivity index (χ3v) is 5.50. The van der Waals surface area contributed by atoms with Crippen LogP contribution in [0.4, 0.5) is 5.69 Å². The zero-order chi connectivity index (χ0) is 20.0. The lowest BCUT2D eigenvalue weighted by Crippen LogP contribution is -2.46. The predicted molar refractivity (Wildman–Crippen MR) is 107 cm³/mol. The van der Waals surface area contributed by atoms with Crippen molar-refractivity contribution in [1.29, 1.82) is 0 Å². The second-order valence-corrected chi connectivity index (χ2v) is 7.37. The van der Waals surface area contributed by atoms with Crippen LogP contribution in [0.1, 0.15) is 20.3 Å². The predicted octanol–water partition coefficient (Wildman–Crippen LogP) is 2.48. The molecule has 1 aliphatic rings. The van der Waals surface area contributed by atoms with Crippen LogP contribution in [0.2, 0.25) is 5.02 Å². The van der Waals surface area contributed by atoms with Crippen molar-refractivity contribution in [1.82, 2.24) is 5.32 Å². The van der Waals surface area contributed by atoms with Gasteiger partial charge in [-0.15, -0.1) is 0 Å². The average molecular weight is 412 g/mol. The lowest BCUT2D eigenvalue weighted by atomic mass is 9.99. The van der Waals surface area contributed by atoms with Crippen LogP contribution in [-0.2, 0) is 19.1 Å². The number of thioether (sulfide) groups is 1. The molecule has 2 rings (SSSR count). The Morgan fingerprint density at radius 2 is 2.11 bits per heavy atom. The first-order valence-electron chi connectivity index (χ1n) is 8.51. The van der Waals surface area contributed by atoms with Gasteiger partial charge in [-0.25, -0.2) is 4.79 Å². The molecule has 1 heterocycles. The van der Waals surface area contributed by atoms with Crippen LogP contribution in [-0.4, -0.2) is 48.4 Å². The molecule has 27 heavy (non-hydrogen) atoms. The second kappa shape index (κ2) is 9.75. The summed E-state index contributed by atoms with van der Waals surface area (Å²) in [6, 6.07) is 6.24. The molecule has 0 saturated carbocycles. The molecule has 1 aromatic rings. The van der Waals surface area contributed by atoms with E-state index in [9.17, 15) is 14.4 Å². The van der Waals surface area contributed by atoms with Crippen LogP contribution in [0, 0.1) is 5.92 Å². The first-order chi connectivity index (χ1) is 12.9. The molecule has 146 valence electrons. The maximum Gasteiger partial charge on any atom is 0.328 e. The summed E-state index contributed by atoms with van der Waals surface area (Å²) >= 11 is 7.30. The number of nitrogens with zero attached hydrogens (tertiary/aromatic N) is 2. The number of nitrogens with one attached hydrogen (secondary N) is 1. The number of carbonyl (C=O) groups excluding carboxylic acids is 3. The standard InChI is InChI=1S/C18H22ClN3O4S/c1-4-11(2)16(17(25)26-3)21-14(23)10-27-18-20-9-15(24)22(18)13-8-6-5-7-12(13)19/h5-8,11,16H,4,9-10H2,1-3H3,(H,21,23)/t11-,16+/m0/s1. The van der Waals surface area contributed by atoms with Gasteiger partial charge in [0.2, 0.25) is 5.91 Å². The van der Waals surface area contributed by atoms with E-state index in [1.165, 1.54) is 12.0 Å². The van der Waals surface area contributed by atoms with Crippen molar-refractivity contribution in [2.45, 2.75) is 26.3 Å². The molecule has 9 heteroatoms. The zero-order valence-electron chi connectivity index (χ0n) is 15.4. The lowest BCUT2D eigenvalue weighted by molar-refractivity contribution is -0.146. The van der Waals surface area contributed by atoms with Crippen molar-refractivity contribution in [3.05, 3.63) is 29.3 Å². The van der Waals surface area contributed by atoms with Gasteiger partial charge in [0.1, 0.15) is 12.6 Å². The summed E-state index contributed by atoms with van der Waals surface area (Å²) in [6.45, 7) is 3.81. The number of benzene rings is 1. The number of esters is 1. The summed E-state index contributed by atoms with van der Waals surface area (Å²) in [4.78, 5) is 42.0. The maximum absolute atomic E-state index is 12.3. The van der Waals surface area contributed by atoms with Crippen LogP contribution < -0.4 is 10.2 Å². The van der Waals surface area contributed by atoms with Gasteiger partial charge < -0.3 is 10.1 Å². The number of rotatable bonds is 7. The van der Waals surface area contributed by atoms with Crippen molar-refractivity contribution >= 4 is 52.0 Å². The number of anilines is 1. The summed E-state index contributed by atoms with van der Waals surface area (Å²) in [6.07, 6.45) is 0.717. The van der Waals surface area contributed by atoms with Gasteiger partial charge in [-0.1, -0.05) is 55.8 Å². The Kier molecular flexibility index (Phi) is 7.67. The third kappa shape index (κ3) is 5.23. The summed E-state index contributed by atoms with van der Waals surface area (Å²) in [5.74, 6) is -1.07. The normalized spacial score (nSPS) is 15.9. The first-order valence-corrected chi connectivity index (χ1v) is 9.87. The van der Waals surface area contributed by atoms with Crippen LogP contribution in [0.15, 0.2) is 29.3 Å². The highest BCUT2D eigenvalue weighted by atomic mass is 35.5. The Bertz CT molecular complexity index is 756. The van der Waals surface area contributed by atoms with Crippen molar-refractivity contribution in [3.63, 3.8) is 0 Å². The molecule has 2 atom stereocenters. The van der Waals surface area contributed by atoms with Gasteiger partial charge in [0, 0.05) is 0 Å². The number of hydrogen-bond acceptors (Lipinski definition) is 6. The molecule has 0 saturated heterocycles. The minimum atomic E-state index is -0.708. The molecule has 0 spiro atoms. The third-order valence-electron chi connectivity index (χ3n) is 4.20. The van der Waals surface area contributed by atoms with Gasteiger partial charge in [0.25, 0.3) is 5.91 Å². The molecule has 7 nitrogen and oxygen atoms in total. The minimum absolute atomic E-state index is 0.00678. The van der Waals surface area contributed by atoms with E-state index in [2.05, 4.69) is 10.3 Å². The highest BCUT2D eigenvalue weighted by Gasteiger charge is 2.30. The molecule has 0 aliphatic carbocycles. The molecule has 0 aromatic heterocycles. The fourth-order valence-corrected chi connectivity index (χ4v) is 3.55. The Balaban J connectivity index is 2.02. The zero-order valence-corrected chi connectivity index (χ0v) is 17.0. The van der Waals surface area contributed by atoms with E-state index < -0.39 is 12.0 Å². The molecule has 0 bridgehead atoms. The Morgan fingerprint density at radius 1 is 1.41 bits per heavy atom.